The molecule has 10 aromatic rings. The van der Waals surface area contributed by atoms with Crippen molar-refractivity contribution in [1.82, 2.24) is 9.13 Å². The fourth-order valence-corrected chi connectivity index (χ4v) is 14.4. The second kappa shape index (κ2) is 10.8. The maximum atomic E-state index is 2.53. The van der Waals surface area contributed by atoms with E-state index in [4.69, 9.17) is 0 Å². The highest BCUT2D eigenvalue weighted by molar-refractivity contribution is 7.22. The summed E-state index contributed by atoms with van der Waals surface area (Å²) in [5.74, 6) is 0. The zero-order valence-corrected chi connectivity index (χ0v) is 28.9. The van der Waals surface area contributed by atoms with Gasteiger partial charge in [-0.2, -0.15) is 0 Å². The molecule has 0 saturated carbocycles. The lowest BCUT2D eigenvalue weighted by atomic mass is 10.0. The van der Waals surface area contributed by atoms with Crippen LogP contribution in [-0.2, 0) is 0 Å². The average molecular weight is 665 g/mol. The summed E-state index contributed by atoms with van der Waals surface area (Å²) in [5, 5.41) is 10.8. The minimum atomic E-state index is -2.81. The Balaban J connectivity index is 1.25. The minimum absolute atomic E-state index is 1.20. The van der Waals surface area contributed by atoms with E-state index < -0.39 is 8.07 Å². The van der Waals surface area contributed by atoms with Crippen LogP contribution in [0.1, 0.15) is 0 Å². The van der Waals surface area contributed by atoms with E-state index in [2.05, 4.69) is 203 Å². The van der Waals surface area contributed by atoms with Gasteiger partial charge in [-0.15, -0.1) is 0 Å². The number of fused-ring (bicyclic) bond motifs is 9. The molecular formula is C48H32N2Si. The fraction of sp³-hybridized carbons (Fsp3) is 0. The van der Waals surface area contributed by atoms with Gasteiger partial charge in [0, 0.05) is 32.9 Å². The summed E-state index contributed by atoms with van der Waals surface area (Å²) in [4.78, 5) is 0. The Morgan fingerprint density at radius 1 is 0.294 bits per heavy atom. The van der Waals surface area contributed by atoms with Crippen molar-refractivity contribution in [3.63, 3.8) is 0 Å². The molecule has 0 unspecified atom stereocenters. The molecule has 0 aliphatic carbocycles. The second-order valence-electron chi connectivity index (χ2n) is 13.7. The molecule has 0 fully saturated rings. The van der Waals surface area contributed by atoms with Crippen molar-refractivity contribution >= 4 is 72.4 Å². The summed E-state index contributed by atoms with van der Waals surface area (Å²) in [6, 6.07) is 72.5. The van der Waals surface area contributed by atoms with E-state index in [9.17, 15) is 0 Å². The van der Waals surface area contributed by atoms with Crippen LogP contribution in [0.15, 0.2) is 194 Å². The topological polar surface area (TPSA) is 9.86 Å². The predicted molar refractivity (Wildman–Crippen MR) is 218 cm³/mol. The van der Waals surface area contributed by atoms with Gasteiger partial charge < -0.3 is 9.13 Å². The number of rotatable bonds is 4. The van der Waals surface area contributed by atoms with Crippen molar-refractivity contribution in [2.45, 2.75) is 0 Å². The van der Waals surface area contributed by atoms with Gasteiger partial charge in [0.1, 0.15) is 0 Å². The van der Waals surface area contributed by atoms with Crippen LogP contribution in [0.25, 0.3) is 66.1 Å². The standard InChI is InChI=1S/C48H32N2Si/c1-3-15-35(16-4-1)51(36-17-5-2-6-18-36)47-31-33(49-43-23-11-7-19-37(43)38-20-8-12-24-44(38)49)27-29-41(47)42-30-28-34(32-48(42)51)50-45-25-13-9-21-39(45)40-22-10-14-26-46(40)50/h1-32H. The molecule has 0 amide bonds. The summed E-state index contributed by atoms with van der Waals surface area (Å²) >= 11 is 0. The Kier molecular flexibility index (Phi) is 6.01. The van der Waals surface area contributed by atoms with Crippen LogP contribution < -0.4 is 20.7 Å². The number of hydrogen-bond donors (Lipinski definition) is 0. The second-order valence-corrected chi connectivity index (χ2v) is 17.4. The molecule has 3 heteroatoms. The van der Waals surface area contributed by atoms with E-state index >= 15 is 0 Å². The van der Waals surface area contributed by atoms with Crippen LogP contribution in [-0.4, -0.2) is 17.2 Å². The third-order valence-corrected chi connectivity index (χ3v) is 16.0. The Morgan fingerprint density at radius 3 is 0.961 bits per heavy atom. The molecule has 1 aliphatic rings. The quantitative estimate of drug-likeness (QED) is 0.166. The third kappa shape index (κ3) is 3.87. The van der Waals surface area contributed by atoms with E-state index in [1.165, 1.54) is 86.9 Å². The highest BCUT2D eigenvalue weighted by Gasteiger charge is 2.49. The zero-order chi connectivity index (χ0) is 33.5. The van der Waals surface area contributed by atoms with Gasteiger partial charge in [-0.1, -0.05) is 146 Å². The van der Waals surface area contributed by atoms with E-state index in [1.54, 1.807) is 0 Å². The van der Waals surface area contributed by atoms with Gasteiger partial charge in [0.2, 0.25) is 0 Å². The molecule has 0 N–H and O–H groups in total. The van der Waals surface area contributed by atoms with Crippen LogP contribution in [0, 0.1) is 0 Å². The average Bonchev–Trinajstić information content (AvgIpc) is 3.82. The Bertz CT molecular complexity index is 2660. The van der Waals surface area contributed by atoms with Gasteiger partial charge in [0.15, 0.2) is 8.07 Å². The van der Waals surface area contributed by atoms with Crippen molar-refractivity contribution in [1.29, 1.82) is 0 Å². The first-order chi connectivity index (χ1) is 25.3. The number of aromatic nitrogens is 2. The van der Waals surface area contributed by atoms with Crippen molar-refractivity contribution < 1.29 is 0 Å². The summed E-state index contributed by atoms with van der Waals surface area (Å²) in [5.41, 5.74) is 9.99. The van der Waals surface area contributed by atoms with E-state index in [1.807, 2.05) is 0 Å². The fourth-order valence-electron chi connectivity index (χ4n) is 9.14. The van der Waals surface area contributed by atoms with Gasteiger partial charge in [0.25, 0.3) is 0 Å². The lowest BCUT2D eigenvalue weighted by Crippen LogP contribution is -2.72. The van der Waals surface area contributed by atoms with Crippen LogP contribution in [0.2, 0.25) is 0 Å². The van der Waals surface area contributed by atoms with Crippen molar-refractivity contribution in [3.05, 3.63) is 194 Å². The van der Waals surface area contributed by atoms with Crippen LogP contribution in [0.3, 0.4) is 0 Å². The van der Waals surface area contributed by atoms with Crippen molar-refractivity contribution in [3.8, 4) is 22.5 Å². The van der Waals surface area contributed by atoms with Gasteiger partial charge in [0.05, 0.1) is 22.1 Å². The molecule has 0 bridgehead atoms. The van der Waals surface area contributed by atoms with Gasteiger partial charge in [-0.05, 0) is 80.4 Å². The number of nitrogens with zero attached hydrogens (tertiary/aromatic N) is 2. The minimum Gasteiger partial charge on any atom is -0.309 e. The largest absolute Gasteiger partial charge is 0.309 e. The van der Waals surface area contributed by atoms with Crippen LogP contribution in [0.4, 0.5) is 0 Å². The van der Waals surface area contributed by atoms with Gasteiger partial charge in [-0.25, -0.2) is 0 Å². The predicted octanol–water partition coefficient (Wildman–Crippen LogP) is 9.24. The molecule has 0 spiro atoms. The number of para-hydroxylation sites is 4. The summed E-state index contributed by atoms with van der Waals surface area (Å²) < 4.78 is 4.93. The first-order valence-electron chi connectivity index (χ1n) is 17.7. The summed E-state index contributed by atoms with van der Waals surface area (Å²) in [6.07, 6.45) is 0. The molecule has 0 saturated heterocycles. The van der Waals surface area contributed by atoms with Crippen LogP contribution >= 0.6 is 0 Å². The zero-order valence-electron chi connectivity index (χ0n) is 27.9. The maximum absolute atomic E-state index is 2.81. The maximum Gasteiger partial charge on any atom is 0.181 e. The van der Waals surface area contributed by atoms with E-state index in [0.717, 1.165) is 0 Å². The lowest BCUT2D eigenvalue weighted by molar-refractivity contribution is 1.18. The van der Waals surface area contributed by atoms with Gasteiger partial charge >= 0.3 is 0 Å². The molecule has 51 heavy (non-hydrogen) atoms. The normalized spacial score (nSPS) is 13.3. The first kappa shape index (κ1) is 28.4. The first-order valence-corrected chi connectivity index (χ1v) is 19.7. The Hall–Kier alpha value is -6.42. The molecule has 8 aromatic carbocycles. The highest BCUT2D eigenvalue weighted by Crippen LogP contribution is 2.37. The molecule has 0 atom stereocenters. The molecular weight excluding hydrogens is 633 g/mol. The molecule has 2 nitrogen and oxygen atoms in total. The molecule has 2 aromatic heterocycles. The molecule has 1 aliphatic heterocycles. The van der Waals surface area contributed by atoms with Gasteiger partial charge in [-0.3, -0.25) is 0 Å². The SMILES string of the molecule is c1ccc([Si]2(c3ccccc3)c3cc(-n4c5ccccc5c5ccccc54)ccc3-c3ccc(-n4c5ccccc5c5ccccc54)cc32)cc1. The van der Waals surface area contributed by atoms with E-state index in [0.29, 0.717) is 0 Å². The highest BCUT2D eigenvalue weighted by atomic mass is 28.3. The smallest absolute Gasteiger partial charge is 0.181 e. The van der Waals surface area contributed by atoms with Crippen molar-refractivity contribution in [2.75, 3.05) is 0 Å². The molecule has 11 rings (SSSR count). The third-order valence-electron chi connectivity index (χ3n) is 11.2. The van der Waals surface area contributed by atoms with Crippen molar-refractivity contribution in [2.24, 2.45) is 0 Å². The number of hydrogen-bond acceptors (Lipinski definition) is 0. The monoisotopic (exact) mass is 664 g/mol. The summed E-state index contributed by atoms with van der Waals surface area (Å²) in [6.45, 7) is 0. The lowest BCUT2D eigenvalue weighted by Gasteiger charge is -2.32. The molecule has 238 valence electrons. The molecule has 0 radical (unpaired) electrons. The Labute approximate surface area is 297 Å². The Morgan fingerprint density at radius 2 is 0.608 bits per heavy atom. The van der Waals surface area contributed by atoms with E-state index in [-0.39, 0.29) is 0 Å². The van der Waals surface area contributed by atoms with Crippen LogP contribution in [0.5, 0.6) is 0 Å². The summed E-state index contributed by atoms with van der Waals surface area (Å²) in [7, 11) is -2.81. The molecule has 3 heterocycles. The number of benzene rings is 8.